The average molecular weight is 634 g/mol. The van der Waals surface area contributed by atoms with Crippen LogP contribution in [0.1, 0.15) is 187 Å². The van der Waals surface area contributed by atoms with E-state index < -0.39 is 18.2 Å². The van der Waals surface area contributed by atoms with E-state index in [1.807, 2.05) is 6.08 Å². The van der Waals surface area contributed by atoms with Gasteiger partial charge in [-0.15, -0.1) is 0 Å². The first kappa shape index (κ1) is 43.6. The first-order valence-electron chi connectivity index (χ1n) is 19.3. The third kappa shape index (κ3) is 32.3. The van der Waals surface area contributed by atoms with E-state index in [0.29, 0.717) is 6.42 Å². The Balaban J connectivity index is 3.73. The Morgan fingerprint density at radius 2 is 0.956 bits per heavy atom. The Hall–Kier alpha value is -1.43. The van der Waals surface area contributed by atoms with Gasteiger partial charge in [0.2, 0.25) is 5.91 Å². The second-order valence-electron chi connectivity index (χ2n) is 13.2. The minimum Gasteiger partial charge on any atom is -0.394 e. The second kappa shape index (κ2) is 35.4. The number of aliphatic hydroxyl groups excluding tert-OH is 3. The zero-order valence-corrected chi connectivity index (χ0v) is 29.7. The lowest BCUT2D eigenvalue weighted by molar-refractivity contribution is -0.124. The van der Waals surface area contributed by atoms with Crippen LogP contribution in [0.25, 0.3) is 0 Å². The topological polar surface area (TPSA) is 89.8 Å². The van der Waals surface area contributed by atoms with Crippen molar-refractivity contribution in [3.8, 4) is 0 Å². The van der Waals surface area contributed by atoms with Gasteiger partial charge < -0.3 is 20.6 Å². The van der Waals surface area contributed by atoms with Gasteiger partial charge in [-0.05, 0) is 44.9 Å². The number of allylic oxidation sites excluding steroid dienone is 5. The largest absolute Gasteiger partial charge is 0.394 e. The number of amides is 1. The Kier molecular flexibility index (Phi) is 34.3. The van der Waals surface area contributed by atoms with Crippen molar-refractivity contribution in [2.24, 2.45) is 0 Å². The molecule has 1 amide bonds. The highest BCUT2D eigenvalue weighted by molar-refractivity contribution is 5.76. The number of unbranched alkanes of at least 4 members (excludes halogenated alkanes) is 21. The van der Waals surface area contributed by atoms with Gasteiger partial charge in [-0.2, -0.15) is 0 Å². The van der Waals surface area contributed by atoms with Crippen LogP contribution in [0.15, 0.2) is 36.5 Å². The van der Waals surface area contributed by atoms with Crippen LogP contribution >= 0.6 is 0 Å². The van der Waals surface area contributed by atoms with E-state index in [-0.39, 0.29) is 18.9 Å². The van der Waals surface area contributed by atoms with Gasteiger partial charge in [-0.1, -0.05) is 172 Å². The summed E-state index contributed by atoms with van der Waals surface area (Å²) in [6.45, 7) is 4.14. The molecule has 0 aromatic heterocycles. The van der Waals surface area contributed by atoms with Crippen LogP contribution in [0.4, 0.5) is 0 Å². The van der Waals surface area contributed by atoms with E-state index in [1.54, 1.807) is 6.08 Å². The smallest absolute Gasteiger partial charge is 0.222 e. The van der Waals surface area contributed by atoms with Crippen LogP contribution in [-0.4, -0.2) is 46.1 Å². The van der Waals surface area contributed by atoms with Crippen LogP contribution < -0.4 is 5.32 Å². The molecule has 264 valence electrons. The Morgan fingerprint density at radius 3 is 1.42 bits per heavy atom. The third-order valence-electron chi connectivity index (χ3n) is 8.66. The lowest BCUT2D eigenvalue weighted by Crippen LogP contribution is -2.45. The molecule has 0 aliphatic rings. The van der Waals surface area contributed by atoms with Gasteiger partial charge in [-0.3, -0.25) is 4.79 Å². The molecule has 0 fully saturated rings. The molecule has 0 spiro atoms. The van der Waals surface area contributed by atoms with Crippen molar-refractivity contribution in [3.05, 3.63) is 36.5 Å². The van der Waals surface area contributed by atoms with Crippen molar-refractivity contribution < 1.29 is 20.1 Å². The molecule has 0 bridgehead atoms. The normalized spacial score (nSPS) is 14.2. The summed E-state index contributed by atoms with van der Waals surface area (Å²) >= 11 is 0. The molecule has 3 unspecified atom stereocenters. The molecular weight excluding hydrogens is 558 g/mol. The monoisotopic (exact) mass is 634 g/mol. The summed E-state index contributed by atoms with van der Waals surface area (Å²) in [5.41, 5.74) is 0. The van der Waals surface area contributed by atoms with Gasteiger partial charge in [-0.25, -0.2) is 0 Å². The molecule has 4 N–H and O–H groups in total. The molecule has 5 nitrogen and oxygen atoms in total. The van der Waals surface area contributed by atoms with E-state index in [9.17, 15) is 20.1 Å². The van der Waals surface area contributed by atoms with Crippen LogP contribution in [0.3, 0.4) is 0 Å². The summed E-state index contributed by atoms with van der Waals surface area (Å²) in [6.07, 6.45) is 43.0. The summed E-state index contributed by atoms with van der Waals surface area (Å²) in [7, 11) is 0. The maximum Gasteiger partial charge on any atom is 0.222 e. The maximum atomic E-state index is 12.3. The molecule has 3 atom stereocenters. The van der Waals surface area contributed by atoms with Crippen molar-refractivity contribution in [1.29, 1.82) is 0 Å². The lowest BCUT2D eigenvalue weighted by Gasteiger charge is -2.20. The number of carbonyl (C=O) groups excluding carboxylic acids is 1. The van der Waals surface area contributed by atoms with Crippen LogP contribution in [0.5, 0.6) is 0 Å². The van der Waals surface area contributed by atoms with Crippen LogP contribution in [0.2, 0.25) is 0 Å². The Labute approximate surface area is 279 Å². The summed E-state index contributed by atoms with van der Waals surface area (Å²) in [4.78, 5) is 12.3. The first-order valence-corrected chi connectivity index (χ1v) is 19.3. The average Bonchev–Trinajstić information content (AvgIpc) is 3.03. The minimum atomic E-state index is -0.955. The van der Waals surface area contributed by atoms with Crippen LogP contribution in [-0.2, 0) is 4.79 Å². The fourth-order valence-corrected chi connectivity index (χ4v) is 5.66. The van der Waals surface area contributed by atoms with Gasteiger partial charge in [0.05, 0.1) is 31.3 Å². The summed E-state index contributed by atoms with van der Waals surface area (Å²) in [5, 5.41) is 32.9. The molecule has 0 aliphatic carbocycles. The SMILES string of the molecule is CCCCCCCCCCCCCCC/C=C/CC/C=C/CC/C=C/C(O)C(CO)NC(=O)CC(O)CCCCCCCCC. The highest BCUT2D eigenvalue weighted by atomic mass is 16.3. The van der Waals surface area contributed by atoms with Gasteiger partial charge in [0.25, 0.3) is 0 Å². The number of rotatable bonds is 34. The van der Waals surface area contributed by atoms with E-state index in [2.05, 4.69) is 43.5 Å². The zero-order chi connectivity index (χ0) is 33.1. The second-order valence-corrected chi connectivity index (χ2v) is 13.2. The molecular formula is C40H75NO4. The Morgan fingerprint density at radius 1 is 0.556 bits per heavy atom. The minimum absolute atomic E-state index is 0.00217. The summed E-state index contributed by atoms with van der Waals surface area (Å²) in [6, 6.07) is -0.762. The number of aliphatic hydroxyl groups is 3. The molecule has 0 saturated heterocycles. The number of carbonyl (C=O) groups is 1. The standard InChI is InChI=1S/C40H75NO4/c1-3-5-7-9-11-12-13-14-15-16-17-18-19-20-21-22-23-24-25-26-28-30-32-34-39(44)38(36-42)41-40(45)35-37(43)33-31-29-27-10-8-6-4-2/h21-22,25-26,32,34,37-39,42-44H,3-20,23-24,27-31,33,35-36H2,1-2H3,(H,41,45)/b22-21+,26-25+,34-32+. The third-order valence-corrected chi connectivity index (χ3v) is 8.66. The maximum absolute atomic E-state index is 12.3. The predicted molar refractivity (Wildman–Crippen MR) is 194 cm³/mol. The molecule has 0 radical (unpaired) electrons. The van der Waals surface area contributed by atoms with Gasteiger partial charge in [0, 0.05) is 0 Å². The van der Waals surface area contributed by atoms with E-state index in [1.165, 1.54) is 122 Å². The molecule has 0 aliphatic heterocycles. The van der Waals surface area contributed by atoms with Crippen molar-refractivity contribution >= 4 is 5.91 Å². The van der Waals surface area contributed by atoms with Crippen molar-refractivity contribution in [2.45, 2.75) is 205 Å². The molecule has 5 heteroatoms. The number of nitrogens with one attached hydrogen (secondary N) is 1. The molecule has 45 heavy (non-hydrogen) atoms. The van der Waals surface area contributed by atoms with E-state index in [4.69, 9.17) is 0 Å². The summed E-state index contributed by atoms with van der Waals surface area (Å²) in [5.74, 6) is -0.335. The summed E-state index contributed by atoms with van der Waals surface area (Å²) < 4.78 is 0. The highest BCUT2D eigenvalue weighted by Crippen LogP contribution is 2.14. The first-order chi connectivity index (χ1) is 22.0. The Bertz CT molecular complexity index is 704. The molecule has 0 aromatic rings. The van der Waals surface area contributed by atoms with Gasteiger partial charge in [0.15, 0.2) is 0 Å². The lowest BCUT2D eigenvalue weighted by atomic mass is 10.0. The number of hydrogen-bond acceptors (Lipinski definition) is 4. The fraction of sp³-hybridized carbons (Fsp3) is 0.825. The molecule has 0 rings (SSSR count). The van der Waals surface area contributed by atoms with Gasteiger partial charge in [0.1, 0.15) is 0 Å². The molecule has 0 aromatic carbocycles. The quantitative estimate of drug-likeness (QED) is 0.0419. The predicted octanol–water partition coefficient (Wildman–Crippen LogP) is 10.4. The highest BCUT2D eigenvalue weighted by Gasteiger charge is 2.20. The van der Waals surface area contributed by atoms with E-state index >= 15 is 0 Å². The van der Waals surface area contributed by atoms with Crippen molar-refractivity contribution in [1.82, 2.24) is 5.32 Å². The fourth-order valence-electron chi connectivity index (χ4n) is 5.66. The number of hydrogen-bond donors (Lipinski definition) is 4. The van der Waals surface area contributed by atoms with Crippen LogP contribution in [0, 0.1) is 0 Å². The van der Waals surface area contributed by atoms with Gasteiger partial charge >= 0.3 is 0 Å². The molecule has 0 heterocycles. The molecule has 0 saturated carbocycles. The van der Waals surface area contributed by atoms with Crippen molar-refractivity contribution in [2.75, 3.05) is 6.61 Å². The van der Waals surface area contributed by atoms with Crippen molar-refractivity contribution in [3.63, 3.8) is 0 Å². The zero-order valence-electron chi connectivity index (χ0n) is 29.7. The van der Waals surface area contributed by atoms with E-state index in [0.717, 1.165) is 38.5 Å².